The molecule has 2 aromatic rings. The normalized spacial score (nSPS) is 21.9. The van der Waals surface area contributed by atoms with Gasteiger partial charge in [-0.2, -0.15) is 0 Å². The SMILES string of the molecule is Cc1ccc2cc(C3CN=C(N)N3CC3CC3)ccc2n1. The van der Waals surface area contributed by atoms with Crippen molar-refractivity contribution >= 4 is 16.9 Å². The van der Waals surface area contributed by atoms with Gasteiger partial charge < -0.3 is 10.6 Å². The quantitative estimate of drug-likeness (QED) is 0.940. The van der Waals surface area contributed by atoms with Crippen LogP contribution in [0.4, 0.5) is 0 Å². The van der Waals surface area contributed by atoms with Gasteiger partial charge in [0, 0.05) is 17.6 Å². The van der Waals surface area contributed by atoms with E-state index in [9.17, 15) is 0 Å². The number of aliphatic imine (C=N–C) groups is 1. The third-order valence-electron chi connectivity index (χ3n) is 4.49. The lowest BCUT2D eigenvalue weighted by molar-refractivity contribution is 0.334. The molecule has 2 heterocycles. The molecule has 1 aliphatic heterocycles. The molecule has 0 radical (unpaired) electrons. The molecule has 4 heteroatoms. The number of benzene rings is 1. The maximum absolute atomic E-state index is 6.08. The van der Waals surface area contributed by atoms with Gasteiger partial charge in [0.1, 0.15) is 0 Å². The summed E-state index contributed by atoms with van der Waals surface area (Å²) in [5.41, 5.74) is 9.48. The Hall–Kier alpha value is -2.10. The van der Waals surface area contributed by atoms with Gasteiger partial charge in [0.15, 0.2) is 5.96 Å². The maximum atomic E-state index is 6.08. The van der Waals surface area contributed by atoms with Crippen molar-refractivity contribution < 1.29 is 0 Å². The number of aromatic nitrogens is 1. The first-order valence-electron chi connectivity index (χ1n) is 7.64. The molecule has 0 saturated heterocycles. The molecule has 4 rings (SSSR count). The Morgan fingerprint density at radius 1 is 1.24 bits per heavy atom. The van der Waals surface area contributed by atoms with Gasteiger partial charge in [-0.05, 0) is 49.4 Å². The molecule has 1 unspecified atom stereocenters. The van der Waals surface area contributed by atoms with Gasteiger partial charge in [-0.15, -0.1) is 0 Å². The summed E-state index contributed by atoms with van der Waals surface area (Å²) in [6.07, 6.45) is 2.66. The Kier molecular flexibility index (Phi) is 2.84. The summed E-state index contributed by atoms with van der Waals surface area (Å²) in [7, 11) is 0. The third kappa shape index (κ3) is 2.35. The first kappa shape index (κ1) is 12.6. The molecule has 0 spiro atoms. The Labute approximate surface area is 124 Å². The van der Waals surface area contributed by atoms with Crippen LogP contribution in [0.15, 0.2) is 35.3 Å². The Morgan fingerprint density at radius 2 is 2.10 bits per heavy atom. The molecule has 4 nitrogen and oxygen atoms in total. The monoisotopic (exact) mass is 280 g/mol. The molecule has 1 saturated carbocycles. The first-order valence-corrected chi connectivity index (χ1v) is 7.64. The van der Waals surface area contributed by atoms with Gasteiger partial charge in [0.2, 0.25) is 0 Å². The van der Waals surface area contributed by atoms with E-state index in [4.69, 9.17) is 5.73 Å². The van der Waals surface area contributed by atoms with Crippen molar-refractivity contribution in [2.45, 2.75) is 25.8 Å². The summed E-state index contributed by atoms with van der Waals surface area (Å²) >= 11 is 0. The second kappa shape index (κ2) is 4.72. The van der Waals surface area contributed by atoms with Gasteiger partial charge in [-0.3, -0.25) is 9.98 Å². The smallest absolute Gasteiger partial charge is 0.191 e. The first-order chi connectivity index (χ1) is 10.2. The number of nitrogens with zero attached hydrogens (tertiary/aromatic N) is 3. The molecular weight excluding hydrogens is 260 g/mol. The van der Waals surface area contributed by atoms with Crippen LogP contribution in [0.3, 0.4) is 0 Å². The standard InChI is InChI=1S/C17H20N4/c1-11-2-5-13-8-14(6-7-15(13)20-11)16-9-19-17(18)21(16)10-12-3-4-12/h2,5-8,12,16H,3-4,9-10H2,1H3,(H2,18,19). The van der Waals surface area contributed by atoms with E-state index in [2.05, 4.69) is 45.2 Å². The average Bonchev–Trinajstić information content (AvgIpc) is 3.23. The second-order valence-corrected chi connectivity index (χ2v) is 6.22. The molecule has 1 fully saturated rings. The molecule has 1 aromatic carbocycles. The topological polar surface area (TPSA) is 54.5 Å². The zero-order valence-electron chi connectivity index (χ0n) is 12.3. The fourth-order valence-corrected chi connectivity index (χ4v) is 3.07. The number of rotatable bonds is 3. The van der Waals surface area contributed by atoms with E-state index >= 15 is 0 Å². The highest BCUT2D eigenvalue weighted by Crippen LogP contribution is 2.35. The van der Waals surface area contributed by atoms with Crippen molar-refractivity contribution in [2.75, 3.05) is 13.1 Å². The number of nitrogens with two attached hydrogens (primary N) is 1. The van der Waals surface area contributed by atoms with Crippen molar-refractivity contribution in [1.29, 1.82) is 0 Å². The number of fused-ring (bicyclic) bond motifs is 1. The lowest BCUT2D eigenvalue weighted by Gasteiger charge is -2.26. The fraction of sp³-hybridized carbons (Fsp3) is 0.412. The molecule has 2 N–H and O–H groups in total. The summed E-state index contributed by atoms with van der Waals surface area (Å²) in [5, 5.41) is 1.19. The van der Waals surface area contributed by atoms with Crippen LogP contribution < -0.4 is 5.73 Å². The predicted molar refractivity (Wildman–Crippen MR) is 85.1 cm³/mol. The van der Waals surface area contributed by atoms with E-state index in [0.717, 1.165) is 30.2 Å². The lowest BCUT2D eigenvalue weighted by atomic mass is 10.0. The summed E-state index contributed by atoms with van der Waals surface area (Å²) in [6, 6.07) is 11.0. The van der Waals surface area contributed by atoms with Crippen LogP contribution in [0.2, 0.25) is 0 Å². The number of aryl methyl sites for hydroxylation is 1. The zero-order valence-corrected chi connectivity index (χ0v) is 12.3. The minimum absolute atomic E-state index is 0.288. The van der Waals surface area contributed by atoms with Crippen molar-refractivity contribution in [3.8, 4) is 0 Å². The van der Waals surface area contributed by atoms with Gasteiger partial charge in [-0.25, -0.2) is 0 Å². The Bertz CT molecular complexity index is 718. The van der Waals surface area contributed by atoms with Crippen LogP contribution in [-0.4, -0.2) is 28.9 Å². The largest absolute Gasteiger partial charge is 0.370 e. The molecule has 1 aromatic heterocycles. The molecule has 0 amide bonds. The average molecular weight is 280 g/mol. The van der Waals surface area contributed by atoms with E-state index in [1.54, 1.807) is 0 Å². The van der Waals surface area contributed by atoms with Gasteiger partial charge in [-0.1, -0.05) is 12.1 Å². The van der Waals surface area contributed by atoms with Crippen molar-refractivity contribution in [3.63, 3.8) is 0 Å². The molecule has 21 heavy (non-hydrogen) atoms. The number of pyridine rings is 1. The van der Waals surface area contributed by atoms with E-state index in [1.165, 1.54) is 23.8 Å². The predicted octanol–water partition coefficient (Wildman–Crippen LogP) is 2.62. The molecule has 2 aliphatic rings. The highest BCUT2D eigenvalue weighted by atomic mass is 15.3. The van der Waals surface area contributed by atoms with Crippen LogP contribution in [0.25, 0.3) is 10.9 Å². The Balaban J connectivity index is 1.67. The van der Waals surface area contributed by atoms with E-state index in [0.29, 0.717) is 5.96 Å². The van der Waals surface area contributed by atoms with Crippen molar-refractivity contribution in [2.24, 2.45) is 16.6 Å². The fourth-order valence-electron chi connectivity index (χ4n) is 3.07. The van der Waals surface area contributed by atoms with E-state index in [-0.39, 0.29) is 6.04 Å². The maximum Gasteiger partial charge on any atom is 0.191 e. The van der Waals surface area contributed by atoms with Crippen molar-refractivity contribution in [1.82, 2.24) is 9.88 Å². The van der Waals surface area contributed by atoms with Crippen LogP contribution >= 0.6 is 0 Å². The van der Waals surface area contributed by atoms with E-state index in [1.807, 2.05) is 6.92 Å². The zero-order chi connectivity index (χ0) is 14.4. The third-order valence-corrected chi connectivity index (χ3v) is 4.49. The van der Waals surface area contributed by atoms with Gasteiger partial charge >= 0.3 is 0 Å². The number of guanidine groups is 1. The van der Waals surface area contributed by atoms with Crippen molar-refractivity contribution in [3.05, 3.63) is 41.6 Å². The van der Waals surface area contributed by atoms with Crippen LogP contribution in [0.5, 0.6) is 0 Å². The summed E-state index contributed by atoms with van der Waals surface area (Å²) < 4.78 is 0. The highest BCUT2D eigenvalue weighted by molar-refractivity contribution is 5.82. The van der Waals surface area contributed by atoms with Crippen LogP contribution in [0.1, 0.15) is 30.1 Å². The molecule has 0 bridgehead atoms. The highest BCUT2D eigenvalue weighted by Gasteiger charge is 2.33. The minimum Gasteiger partial charge on any atom is -0.370 e. The van der Waals surface area contributed by atoms with Crippen LogP contribution in [-0.2, 0) is 0 Å². The molecule has 1 atom stereocenters. The van der Waals surface area contributed by atoms with E-state index < -0.39 is 0 Å². The summed E-state index contributed by atoms with van der Waals surface area (Å²) in [6.45, 7) is 3.84. The molecule has 108 valence electrons. The number of hydrogen-bond donors (Lipinski definition) is 1. The Morgan fingerprint density at radius 3 is 2.90 bits per heavy atom. The minimum atomic E-state index is 0.288. The molecular formula is C17H20N4. The van der Waals surface area contributed by atoms with Crippen LogP contribution in [0, 0.1) is 12.8 Å². The summed E-state index contributed by atoms with van der Waals surface area (Å²) in [4.78, 5) is 11.3. The molecule has 1 aliphatic carbocycles. The second-order valence-electron chi connectivity index (χ2n) is 6.22. The van der Waals surface area contributed by atoms with Gasteiger partial charge in [0.25, 0.3) is 0 Å². The number of hydrogen-bond acceptors (Lipinski definition) is 4. The lowest BCUT2D eigenvalue weighted by Crippen LogP contribution is -2.37. The summed E-state index contributed by atoms with van der Waals surface area (Å²) in [5.74, 6) is 1.51. The van der Waals surface area contributed by atoms with Gasteiger partial charge in [0.05, 0.1) is 18.1 Å².